The van der Waals surface area contributed by atoms with Gasteiger partial charge in [-0.15, -0.1) is 11.3 Å². The number of hydrogen-bond donors (Lipinski definition) is 1. The van der Waals surface area contributed by atoms with E-state index in [4.69, 9.17) is 4.98 Å². The van der Waals surface area contributed by atoms with E-state index in [1.165, 1.54) is 41.6 Å². The van der Waals surface area contributed by atoms with Crippen LogP contribution in [0.2, 0.25) is 0 Å². The van der Waals surface area contributed by atoms with E-state index in [0.29, 0.717) is 6.04 Å². The zero-order valence-electron chi connectivity index (χ0n) is 13.4. The van der Waals surface area contributed by atoms with E-state index in [-0.39, 0.29) is 0 Å². The summed E-state index contributed by atoms with van der Waals surface area (Å²) in [4.78, 5) is 10.9. The fourth-order valence-corrected chi connectivity index (χ4v) is 3.90. The van der Waals surface area contributed by atoms with E-state index in [1.54, 1.807) is 0 Å². The molecule has 0 aliphatic carbocycles. The second kappa shape index (κ2) is 6.87. The molecular weight excluding hydrogens is 268 g/mol. The maximum Gasteiger partial charge on any atom is 0.185 e. The zero-order chi connectivity index (χ0) is 14.7. The Hall–Kier alpha value is -0.650. The minimum atomic E-state index is 0.387. The molecule has 0 radical (unpaired) electrons. The van der Waals surface area contributed by atoms with Crippen molar-refractivity contribution in [2.75, 3.05) is 45.7 Å². The van der Waals surface area contributed by atoms with Crippen LogP contribution in [0.25, 0.3) is 0 Å². The summed E-state index contributed by atoms with van der Waals surface area (Å²) in [6.45, 7) is 7.91. The molecule has 2 heterocycles. The van der Waals surface area contributed by atoms with Crippen LogP contribution in [0.3, 0.4) is 0 Å². The molecule has 0 saturated carbocycles. The number of nitrogens with zero attached hydrogens (tertiary/aromatic N) is 3. The molecule has 0 bridgehead atoms. The summed E-state index contributed by atoms with van der Waals surface area (Å²) in [5.74, 6) is 0.811. The molecule has 4 nitrogen and oxygen atoms in total. The SMILES string of the molecule is CNC(C)c1sc(N(C)CC2CCN(C)CC2)nc1C. The van der Waals surface area contributed by atoms with Crippen LogP contribution in [0.4, 0.5) is 5.13 Å². The summed E-state index contributed by atoms with van der Waals surface area (Å²) >= 11 is 1.83. The zero-order valence-corrected chi connectivity index (χ0v) is 14.3. The van der Waals surface area contributed by atoms with Crippen molar-refractivity contribution in [2.45, 2.75) is 32.7 Å². The van der Waals surface area contributed by atoms with Crippen LogP contribution < -0.4 is 10.2 Å². The number of aryl methyl sites for hydroxylation is 1. The maximum atomic E-state index is 4.75. The summed E-state index contributed by atoms with van der Waals surface area (Å²) in [6, 6.07) is 0.387. The van der Waals surface area contributed by atoms with Crippen molar-refractivity contribution in [2.24, 2.45) is 5.92 Å². The quantitative estimate of drug-likeness (QED) is 0.905. The lowest BCUT2D eigenvalue weighted by atomic mass is 9.97. The Morgan fingerprint density at radius 3 is 2.70 bits per heavy atom. The second-order valence-corrected chi connectivity index (χ2v) is 7.09. The summed E-state index contributed by atoms with van der Waals surface area (Å²) in [7, 11) is 6.41. The van der Waals surface area contributed by atoms with Gasteiger partial charge in [0.2, 0.25) is 0 Å². The van der Waals surface area contributed by atoms with Crippen molar-refractivity contribution in [1.82, 2.24) is 15.2 Å². The molecule has 1 aromatic rings. The highest BCUT2D eigenvalue weighted by molar-refractivity contribution is 7.15. The van der Waals surface area contributed by atoms with Crippen LogP contribution >= 0.6 is 11.3 Å². The molecule has 1 unspecified atom stereocenters. The molecule has 1 aliphatic rings. The molecule has 5 heteroatoms. The standard InChI is InChI=1S/C15H28N4S/c1-11(16-3)14-12(2)17-15(20-14)19(5)10-13-6-8-18(4)9-7-13/h11,13,16H,6-10H2,1-5H3. The van der Waals surface area contributed by atoms with Crippen LogP contribution in [0.5, 0.6) is 0 Å². The summed E-state index contributed by atoms with van der Waals surface area (Å²) < 4.78 is 0. The number of aromatic nitrogens is 1. The van der Waals surface area contributed by atoms with Crippen molar-refractivity contribution in [3.63, 3.8) is 0 Å². The lowest BCUT2D eigenvalue weighted by Crippen LogP contribution is -2.35. The summed E-state index contributed by atoms with van der Waals surface area (Å²) in [5.41, 5.74) is 1.17. The molecule has 1 atom stereocenters. The number of piperidine rings is 1. The first kappa shape index (κ1) is 15.7. The number of rotatable bonds is 5. The van der Waals surface area contributed by atoms with Crippen molar-refractivity contribution >= 4 is 16.5 Å². The summed E-state index contributed by atoms with van der Waals surface area (Å²) in [5, 5.41) is 4.47. The van der Waals surface area contributed by atoms with Gasteiger partial charge < -0.3 is 15.1 Å². The van der Waals surface area contributed by atoms with Gasteiger partial charge in [-0.1, -0.05) is 0 Å². The van der Waals surface area contributed by atoms with E-state index in [2.05, 4.69) is 43.1 Å². The average molecular weight is 296 g/mol. The van der Waals surface area contributed by atoms with Gasteiger partial charge in [0.1, 0.15) is 0 Å². The van der Waals surface area contributed by atoms with Gasteiger partial charge in [-0.2, -0.15) is 0 Å². The molecule has 1 aromatic heterocycles. The monoisotopic (exact) mass is 296 g/mol. The van der Waals surface area contributed by atoms with Crippen molar-refractivity contribution in [3.8, 4) is 0 Å². The van der Waals surface area contributed by atoms with Crippen molar-refractivity contribution < 1.29 is 0 Å². The molecule has 1 N–H and O–H groups in total. The maximum absolute atomic E-state index is 4.75. The van der Waals surface area contributed by atoms with Gasteiger partial charge in [-0.3, -0.25) is 0 Å². The third kappa shape index (κ3) is 3.71. The molecule has 0 aromatic carbocycles. The van der Waals surface area contributed by atoms with Crippen LogP contribution in [-0.4, -0.2) is 50.7 Å². The van der Waals surface area contributed by atoms with Gasteiger partial charge in [0.25, 0.3) is 0 Å². The first-order valence-electron chi connectivity index (χ1n) is 7.55. The molecule has 1 saturated heterocycles. The van der Waals surface area contributed by atoms with Gasteiger partial charge in [0, 0.05) is 24.5 Å². The predicted molar refractivity (Wildman–Crippen MR) is 87.8 cm³/mol. The molecule has 2 rings (SSSR count). The molecule has 20 heavy (non-hydrogen) atoms. The number of nitrogens with one attached hydrogen (secondary N) is 1. The van der Waals surface area contributed by atoms with E-state index < -0.39 is 0 Å². The molecule has 1 fully saturated rings. The van der Waals surface area contributed by atoms with Crippen molar-refractivity contribution in [1.29, 1.82) is 0 Å². The number of anilines is 1. The van der Waals surface area contributed by atoms with E-state index in [9.17, 15) is 0 Å². The highest BCUT2D eigenvalue weighted by Gasteiger charge is 2.21. The van der Waals surface area contributed by atoms with E-state index in [0.717, 1.165) is 12.5 Å². The van der Waals surface area contributed by atoms with Crippen LogP contribution in [0, 0.1) is 12.8 Å². The third-order valence-corrected chi connectivity index (χ3v) is 5.80. The van der Waals surface area contributed by atoms with Gasteiger partial charge in [-0.05, 0) is 59.8 Å². The Morgan fingerprint density at radius 1 is 1.45 bits per heavy atom. The fourth-order valence-electron chi connectivity index (χ4n) is 2.80. The van der Waals surface area contributed by atoms with Crippen LogP contribution in [0.1, 0.15) is 36.4 Å². The lowest BCUT2D eigenvalue weighted by Gasteiger charge is -2.31. The first-order chi connectivity index (χ1) is 9.51. The Labute approximate surface area is 127 Å². The van der Waals surface area contributed by atoms with Gasteiger partial charge >= 0.3 is 0 Å². The van der Waals surface area contributed by atoms with Gasteiger partial charge in [0.15, 0.2) is 5.13 Å². The fraction of sp³-hybridized carbons (Fsp3) is 0.800. The topological polar surface area (TPSA) is 31.4 Å². The Morgan fingerprint density at radius 2 is 2.10 bits per heavy atom. The molecule has 0 spiro atoms. The van der Waals surface area contributed by atoms with E-state index >= 15 is 0 Å². The highest BCUT2D eigenvalue weighted by Crippen LogP contribution is 2.31. The average Bonchev–Trinajstić information content (AvgIpc) is 2.82. The van der Waals surface area contributed by atoms with Crippen LogP contribution in [0.15, 0.2) is 0 Å². The van der Waals surface area contributed by atoms with Gasteiger partial charge in [-0.25, -0.2) is 4.98 Å². The minimum Gasteiger partial charge on any atom is -0.351 e. The number of hydrogen-bond acceptors (Lipinski definition) is 5. The van der Waals surface area contributed by atoms with Crippen molar-refractivity contribution in [3.05, 3.63) is 10.6 Å². The number of likely N-dealkylation sites (tertiary alicyclic amines) is 1. The second-order valence-electron chi connectivity index (χ2n) is 6.08. The molecule has 1 aliphatic heterocycles. The Balaban J connectivity index is 1.97. The lowest BCUT2D eigenvalue weighted by molar-refractivity contribution is 0.222. The Kier molecular flexibility index (Phi) is 5.41. The minimum absolute atomic E-state index is 0.387. The van der Waals surface area contributed by atoms with Gasteiger partial charge in [0.05, 0.1) is 5.69 Å². The third-order valence-electron chi connectivity index (χ3n) is 4.34. The summed E-state index contributed by atoms with van der Waals surface area (Å²) in [6.07, 6.45) is 2.62. The largest absolute Gasteiger partial charge is 0.351 e. The highest BCUT2D eigenvalue weighted by atomic mass is 32.1. The molecule has 114 valence electrons. The van der Waals surface area contributed by atoms with Crippen LogP contribution in [-0.2, 0) is 0 Å². The van der Waals surface area contributed by atoms with E-state index in [1.807, 2.05) is 18.4 Å². The number of thiazole rings is 1. The predicted octanol–water partition coefficient (Wildman–Crippen LogP) is 2.51. The molecule has 0 amide bonds. The smallest absolute Gasteiger partial charge is 0.185 e. The first-order valence-corrected chi connectivity index (χ1v) is 8.37. The normalized spacial score (nSPS) is 19.2. The molecular formula is C15H28N4S. The Bertz CT molecular complexity index is 424.